The van der Waals surface area contributed by atoms with E-state index in [1.54, 1.807) is 0 Å². The predicted molar refractivity (Wildman–Crippen MR) is 54.6 cm³/mol. The van der Waals surface area contributed by atoms with Gasteiger partial charge in [0, 0.05) is 6.42 Å². The van der Waals surface area contributed by atoms with E-state index in [9.17, 15) is 4.79 Å². The van der Waals surface area contributed by atoms with Crippen molar-refractivity contribution in [1.29, 1.82) is 0 Å². The zero-order valence-electron chi connectivity index (χ0n) is 8.44. The van der Waals surface area contributed by atoms with Crippen molar-refractivity contribution in [3.8, 4) is 0 Å². The van der Waals surface area contributed by atoms with E-state index in [0.717, 1.165) is 24.5 Å². The highest BCUT2D eigenvalue weighted by molar-refractivity contribution is 5.82. The Morgan fingerprint density at radius 3 is 2.77 bits per heavy atom. The summed E-state index contributed by atoms with van der Waals surface area (Å²) < 4.78 is 0. The molecule has 1 rings (SSSR count). The lowest BCUT2D eigenvalue weighted by Crippen LogP contribution is -2.24. The summed E-state index contributed by atoms with van der Waals surface area (Å²) in [7, 11) is 0. The van der Waals surface area contributed by atoms with Gasteiger partial charge >= 0.3 is 0 Å². The third-order valence-corrected chi connectivity index (χ3v) is 2.40. The third-order valence-electron chi connectivity index (χ3n) is 2.40. The van der Waals surface area contributed by atoms with Crippen LogP contribution >= 0.6 is 0 Å². The molecule has 0 heterocycles. The van der Waals surface area contributed by atoms with Gasteiger partial charge in [0.25, 0.3) is 0 Å². The Morgan fingerprint density at radius 1 is 1.54 bits per heavy atom. The highest BCUT2D eigenvalue weighted by atomic mass is 16.1. The van der Waals surface area contributed by atoms with Crippen molar-refractivity contribution >= 4 is 5.78 Å². The SMILES string of the molecule is C=C(CC)CC(=O)CNCC1CC1. The maximum Gasteiger partial charge on any atom is 0.150 e. The van der Waals surface area contributed by atoms with E-state index < -0.39 is 0 Å². The topological polar surface area (TPSA) is 29.1 Å². The molecule has 0 unspecified atom stereocenters. The first-order valence-corrected chi connectivity index (χ1v) is 5.11. The second-order valence-corrected chi connectivity index (χ2v) is 3.89. The van der Waals surface area contributed by atoms with Gasteiger partial charge in [-0.05, 0) is 31.7 Å². The lowest BCUT2D eigenvalue weighted by molar-refractivity contribution is -0.117. The molecule has 0 aliphatic heterocycles. The molecule has 1 saturated carbocycles. The Labute approximate surface area is 80.4 Å². The minimum atomic E-state index is 0.271. The largest absolute Gasteiger partial charge is 0.310 e. The average molecular weight is 181 g/mol. The summed E-state index contributed by atoms with van der Waals surface area (Å²) in [6.45, 7) is 7.40. The molecule has 0 atom stereocenters. The van der Waals surface area contributed by atoms with Crippen LogP contribution in [0.25, 0.3) is 0 Å². The van der Waals surface area contributed by atoms with Crippen molar-refractivity contribution in [2.75, 3.05) is 13.1 Å². The Morgan fingerprint density at radius 2 is 2.23 bits per heavy atom. The standard InChI is InChI=1S/C11H19NO/c1-3-9(2)6-11(13)8-12-7-10-4-5-10/h10,12H,2-8H2,1H3. The van der Waals surface area contributed by atoms with Crippen molar-refractivity contribution in [3.63, 3.8) is 0 Å². The second kappa shape index (κ2) is 5.18. The van der Waals surface area contributed by atoms with Crippen LogP contribution in [0.2, 0.25) is 0 Å². The highest BCUT2D eigenvalue weighted by Crippen LogP contribution is 2.27. The van der Waals surface area contributed by atoms with Crippen molar-refractivity contribution in [2.24, 2.45) is 5.92 Å². The summed E-state index contributed by atoms with van der Waals surface area (Å²) in [5.41, 5.74) is 1.04. The van der Waals surface area contributed by atoms with E-state index in [1.165, 1.54) is 12.8 Å². The van der Waals surface area contributed by atoms with Crippen LogP contribution in [0.3, 0.4) is 0 Å². The number of Topliss-reactive ketones (excluding diaryl/α,β-unsaturated/α-hetero) is 1. The monoisotopic (exact) mass is 181 g/mol. The molecule has 1 aliphatic carbocycles. The molecule has 1 N–H and O–H groups in total. The Balaban J connectivity index is 1.99. The lowest BCUT2D eigenvalue weighted by atomic mass is 10.1. The van der Waals surface area contributed by atoms with Crippen molar-refractivity contribution < 1.29 is 4.79 Å². The summed E-state index contributed by atoms with van der Waals surface area (Å²) in [5, 5.41) is 3.19. The fourth-order valence-corrected chi connectivity index (χ4v) is 1.20. The molecule has 1 aliphatic rings. The van der Waals surface area contributed by atoms with Gasteiger partial charge in [-0.3, -0.25) is 4.79 Å². The number of carbonyl (C=O) groups is 1. The van der Waals surface area contributed by atoms with Gasteiger partial charge in [0.05, 0.1) is 6.54 Å². The first-order chi connectivity index (χ1) is 6.22. The summed E-state index contributed by atoms with van der Waals surface area (Å²) in [4.78, 5) is 11.3. The first kappa shape index (κ1) is 10.5. The lowest BCUT2D eigenvalue weighted by Gasteiger charge is -2.03. The van der Waals surface area contributed by atoms with Crippen molar-refractivity contribution in [3.05, 3.63) is 12.2 Å². The Hall–Kier alpha value is -0.630. The van der Waals surface area contributed by atoms with Gasteiger partial charge in [0.15, 0.2) is 5.78 Å². The maximum absolute atomic E-state index is 11.3. The van der Waals surface area contributed by atoms with Crippen LogP contribution in [-0.2, 0) is 4.79 Å². The van der Waals surface area contributed by atoms with Gasteiger partial charge < -0.3 is 5.32 Å². The molecular formula is C11H19NO. The number of hydrogen-bond acceptors (Lipinski definition) is 2. The molecule has 0 saturated heterocycles. The summed E-state index contributed by atoms with van der Waals surface area (Å²) in [5.74, 6) is 1.12. The molecular weight excluding hydrogens is 162 g/mol. The van der Waals surface area contributed by atoms with Crippen LogP contribution in [0, 0.1) is 5.92 Å². The van der Waals surface area contributed by atoms with Crippen LogP contribution in [0.1, 0.15) is 32.6 Å². The molecule has 2 nitrogen and oxygen atoms in total. The van der Waals surface area contributed by atoms with Crippen LogP contribution in [0.5, 0.6) is 0 Å². The average Bonchev–Trinajstić information content (AvgIpc) is 2.88. The van der Waals surface area contributed by atoms with E-state index >= 15 is 0 Å². The second-order valence-electron chi connectivity index (χ2n) is 3.89. The summed E-state index contributed by atoms with van der Waals surface area (Å²) >= 11 is 0. The molecule has 0 aromatic carbocycles. The first-order valence-electron chi connectivity index (χ1n) is 5.11. The molecule has 2 heteroatoms. The Kier molecular flexibility index (Phi) is 4.16. The zero-order valence-corrected chi connectivity index (χ0v) is 8.44. The summed E-state index contributed by atoms with van der Waals surface area (Å²) in [6.07, 6.45) is 4.13. The summed E-state index contributed by atoms with van der Waals surface area (Å²) in [6, 6.07) is 0. The number of nitrogens with one attached hydrogen (secondary N) is 1. The van der Waals surface area contributed by atoms with Gasteiger partial charge in [-0.15, -0.1) is 0 Å². The van der Waals surface area contributed by atoms with E-state index in [0.29, 0.717) is 13.0 Å². The maximum atomic E-state index is 11.3. The molecule has 0 radical (unpaired) electrons. The molecule has 74 valence electrons. The smallest absolute Gasteiger partial charge is 0.150 e. The van der Waals surface area contributed by atoms with Crippen LogP contribution < -0.4 is 5.32 Å². The van der Waals surface area contributed by atoms with Gasteiger partial charge in [-0.2, -0.15) is 0 Å². The van der Waals surface area contributed by atoms with Crippen molar-refractivity contribution in [2.45, 2.75) is 32.6 Å². The molecule has 13 heavy (non-hydrogen) atoms. The molecule has 0 bridgehead atoms. The quantitative estimate of drug-likeness (QED) is 0.608. The zero-order chi connectivity index (χ0) is 9.68. The van der Waals surface area contributed by atoms with Crippen molar-refractivity contribution in [1.82, 2.24) is 5.32 Å². The fourth-order valence-electron chi connectivity index (χ4n) is 1.20. The van der Waals surface area contributed by atoms with Crippen LogP contribution in [-0.4, -0.2) is 18.9 Å². The highest BCUT2D eigenvalue weighted by Gasteiger charge is 2.20. The molecule has 0 amide bonds. The van der Waals surface area contributed by atoms with Gasteiger partial charge in [0.2, 0.25) is 0 Å². The van der Waals surface area contributed by atoms with Gasteiger partial charge in [0.1, 0.15) is 0 Å². The van der Waals surface area contributed by atoms with E-state index in [-0.39, 0.29) is 5.78 Å². The number of hydrogen-bond donors (Lipinski definition) is 1. The predicted octanol–water partition coefficient (Wildman–Crippen LogP) is 1.91. The van der Waals surface area contributed by atoms with Gasteiger partial charge in [-0.1, -0.05) is 19.1 Å². The molecule has 0 spiro atoms. The van der Waals surface area contributed by atoms with Gasteiger partial charge in [-0.25, -0.2) is 0 Å². The van der Waals surface area contributed by atoms with E-state index in [2.05, 4.69) is 11.9 Å². The van der Waals surface area contributed by atoms with E-state index in [1.807, 2.05) is 6.92 Å². The van der Waals surface area contributed by atoms with E-state index in [4.69, 9.17) is 0 Å². The Bertz CT molecular complexity index is 194. The van der Waals surface area contributed by atoms with Crippen LogP contribution in [0.4, 0.5) is 0 Å². The third kappa shape index (κ3) is 4.83. The molecule has 0 aromatic heterocycles. The number of allylic oxidation sites excluding steroid dienone is 1. The minimum absolute atomic E-state index is 0.271. The number of ketones is 1. The minimum Gasteiger partial charge on any atom is -0.310 e. The van der Waals surface area contributed by atoms with Crippen LogP contribution in [0.15, 0.2) is 12.2 Å². The number of rotatable bonds is 7. The fraction of sp³-hybridized carbons (Fsp3) is 0.727. The molecule has 0 aromatic rings. The normalized spacial score (nSPS) is 15.8. The number of carbonyl (C=O) groups excluding carboxylic acids is 1. The molecule has 1 fully saturated rings.